The fraction of sp³-hybridized carbons (Fsp3) is 0.0909. The molecule has 1 aromatic heterocycles. The Balaban J connectivity index is 2.81. The lowest BCUT2D eigenvalue weighted by Crippen LogP contribution is -1.87. The number of carbonyl (C=O) groups excluding carboxylic acids is 1. The van der Waals surface area contributed by atoms with Crippen molar-refractivity contribution in [2.75, 3.05) is 0 Å². The highest BCUT2D eigenvalue weighted by molar-refractivity contribution is 6.30. The molecule has 1 aromatic carbocycles. The number of pyridine rings is 1. The van der Waals surface area contributed by atoms with E-state index < -0.39 is 0 Å². The molecule has 0 saturated heterocycles. The van der Waals surface area contributed by atoms with Crippen molar-refractivity contribution < 1.29 is 4.79 Å². The number of rotatable bonds is 1. The summed E-state index contributed by atoms with van der Waals surface area (Å²) in [4.78, 5) is 14.7. The number of aryl methyl sites for hydroxylation is 1. The Morgan fingerprint density at radius 3 is 2.86 bits per heavy atom. The highest BCUT2D eigenvalue weighted by atomic mass is 35.5. The van der Waals surface area contributed by atoms with Crippen molar-refractivity contribution in [3.05, 3.63) is 40.7 Å². The lowest BCUT2D eigenvalue weighted by atomic mass is 10.1. The number of aromatic nitrogens is 1. The van der Waals surface area contributed by atoms with Crippen LogP contribution in [-0.4, -0.2) is 11.3 Å². The van der Waals surface area contributed by atoms with Crippen LogP contribution >= 0.6 is 11.6 Å². The van der Waals surface area contributed by atoms with Gasteiger partial charge < -0.3 is 0 Å². The summed E-state index contributed by atoms with van der Waals surface area (Å²) in [5, 5.41) is 2.44. The quantitative estimate of drug-likeness (QED) is 0.529. The van der Waals surface area contributed by atoms with Crippen LogP contribution in [0.4, 0.5) is 0 Å². The molecule has 2 rings (SSSR count). The summed E-state index contributed by atoms with van der Waals surface area (Å²) in [6.45, 7) is 1.90. The molecule has 0 radical (unpaired) electrons. The second-order valence-electron chi connectivity index (χ2n) is 3.13. The minimum absolute atomic E-state index is 0.457. The van der Waals surface area contributed by atoms with E-state index in [1.807, 2.05) is 19.1 Å². The van der Waals surface area contributed by atoms with Crippen molar-refractivity contribution in [3.8, 4) is 0 Å². The van der Waals surface area contributed by atoms with E-state index in [0.29, 0.717) is 10.7 Å². The predicted octanol–water partition coefficient (Wildman–Crippen LogP) is 3.01. The Morgan fingerprint density at radius 1 is 1.36 bits per heavy atom. The lowest BCUT2D eigenvalue weighted by Gasteiger charge is -2.02. The maximum atomic E-state index is 10.6. The van der Waals surface area contributed by atoms with E-state index in [9.17, 15) is 4.79 Å². The van der Waals surface area contributed by atoms with E-state index >= 15 is 0 Å². The number of carbonyl (C=O) groups is 1. The molecule has 0 spiro atoms. The zero-order valence-corrected chi connectivity index (χ0v) is 8.38. The summed E-state index contributed by atoms with van der Waals surface area (Å²) in [5.41, 5.74) is 1.53. The Labute approximate surface area is 86.5 Å². The van der Waals surface area contributed by atoms with Crippen molar-refractivity contribution in [1.82, 2.24) is 4.98 Å². The van der Waals surface area contributed by atoms with E-state index in [1.54, 1.807) is 12.1 Å². The molecule has 0 amide bonds. The number of halogens is 1. The van der Waals surface area contributed by atoms with Crippen LogP contribution in [0.25, 0.3) is 10.8 Å². The molecule has 0 saturated carbocycles. The molecule has 1 heterocycles. The highest BCUT2D eigenvalue weighted by Gasteiger charge is 2.01. The molecular weight excluding hydrogens is 198 g/mol. The molecular formula is C11H8ClNO. The van der Waals surface area contributed by atoms with Gasteiger partial charge in [0.1, 0.15) is 11.4 Å². The zero-order chi connectivity index (χ0) is 10.1. The molecule has 0 aliphatic heterocycles. The number of nitrogens with zero attached hydrogens (tertiary/aromatic N) is 1. The SMILES string of the molecule is Cc1nc(Cl)cc2cc(C=O)ccc12. The lowest BCUT2D eigenvalue weighted by molar-refractivity contribution is 0.112. The van der Waals surface area contributed by atoms with E-state index in [0.717, 1.165) is 22.8 Å². The molecule has 0 N–H and O–H groups in total. The molecule has 0 aliphatic carbocycles. The summed E-state index contributed by atoms with van der Waals surface area (Å²) >= 11 is 5.82. The van der Waals surface area contributed by atoms with Crippen molar-refractivity contribution in [1.29, 1.82) is 0 Å². The van der Waals surface area contributed by atoms with Gasteiger partial charge in [0, 0.05) is 16.6 Å². The maximum Gasteiger partial charge on any atom is 0.150 e. The Kier molecular flexibility index (Phi) is 2.22. The normalized spacial score (nSPS) is 10.4. The third-order valence-corrected chi connectivity index (χ3v) is 2.34. The van der Waals surface area contributed by atoms with Gasteiger partial charge in [-0.15, -0.1) is 0 Å². The van der Waals surface area contributed by atoms with Crippen LogP contribution in [0.15, 0.2) is 24.3 Å². The van der Waals surface area contributed by atoms with Crippen LogP contribution in [0.5, 0.6) is 0 Å². The van der Waals surface area contributed by atoms with Gasteiger partial charge >= 0.3 is 0 Å². The molecule has 0 fully saturated rings. The molecule has 0 unspecified atom stereocenters. The third kappa shape index (κ3) is 1.49. The van der Waals surface area contributed by atoms with Gasteiger partial charge in [0.15, 0.2) is 0 Å². The Bertz CT molecular complexity index is 508. The summed E-state index contributed by atoms with van der Waals surface area (Å²) in [6.07, 6.45) is 0.823. The Morgan fingerprint density at radius 2 is 2.14 bits per heavy atom. The summed E-state index contributed by atoms with van der Waals surface area (Å²) in [5.74, 6) is 0. The topological polar surface area (TPSA) is 30.0 Å². The molecule has 2 nitrogen and oxygen atoms in total. The first-order chi connectivity index (χ1) is 6.70. The van der Waals surface area contributed by atoms with Gasteiger partial charge in [-0.25, -0.2) is 4.98 Å². The van der Waals surface area contributed by atoms with Crippen LogP contribution in [0, 0.1) is 6.92 Å². The zero-order valence-electron chi connectivity index (χ0n) is 7.62. The van der Waals surface area contributed by atoms with Crippen molar-refractivity contribution in [2.45, 2.75) is 6.92 Å². The maximum absolute atomic E-state index is 10.6. The largest absolute Gasteiger partial charge is 0.298 e. The van der Waals surface area contributed by atoms with Gasteiger partial charge in [0.05, 0.1) is 0 Å². The van der Waals surface area contributed by atoms with E-state index in [4.69, 9.17) is 11.6 Å². The monoisotopic (exact) mass is 205 g/mol. The molecule has 0 aliphatic rings. The minimum Gasteiger partial charge on any atom is -0.298 e. The first-order valence-electron chi connectivity index (χ1n) is 4.23. The standard InChI is InChI=1S/C11H8ClNO/c1-7-10-3-2-8(6-14)4-9(10)5-11(12)13-7/h2-6H,1H3. The molecule has 0 bridgehead atoms. The van der Waals surface area contributed by atoms with Crippen LogP contribution < -0.4 is 0 Å². The fourth-order valence-corrected chi connectivity index (χ4v) is 1.73. The molecule has 70 valence electrons. The van der Waals surface area contributed by atoms with E-state index in [-0.39, 0.29) is 0 Å². The van der Waals surface area contributed by atoms with Gasteiger partial charge in [-0.2, -0.15) is 0 Å². The highest BCUT2D eigenvalue weighted by Crippen LogP contribution is 2.21. The summed E-state index contributed by atoms with van der Waals surface area (Å²) in [7, 11) is 0. The van der Waals surface area contributed by atoms with Crippen LogP contribution in [0.2, 0.25) is 5.15 Å². The van der Waals surface area contributed by atoms with Gasteiger partial charge in [-0.05, 0) is 24.4 Å². The van der Waals surface area contributed by atoms with Crippen molar-refractivity contribution in [2.24, 2.45) is 0 Å². The average Bonchev–Trinajstić information content (AvgIpc) is 2.16. The summed E-state index contributed by atoms with van der Waals surface area (Å²) < 4.78 is 0. The first kappa shape index (κ1) is 9.16. The number of hydrogen-bond acceptors (Lipinski definition) is 2. The molecule has 2 aromatic rings. The van der Waals surface area contributed by atoms with Gasteiger partial charge in [0.2, 0.25) is 0 Å². The fourth-order valence-electron chi connectivity index (χ4n) is 1.48. The van der Waals surface area contributed by atoms with E-state index in [1.165, 1.54) is 0 Å². The van der Waals surface area contributed by atoms with Crippen molar-refractivity contribution in [3.63, 3.8) is 0 Å². The Hall–Kier alpha value is -1.41. The van der Waals surface area contributed by atoms with Gasteiger partial charge in [-0.1, -0.05) is 23.7 Å². The van der Waals surface area contributed by atoms with Crippen LogP contribution in [0.3, 0.4) is 0 Å². The molecule has 0 atom stereocenters. The van der Waals surface area contributed by atoms with Crippen LogP contribution in [0.1, 0.15) is 16.1 Å². The number of benzene rings is 1. The first-order valence-corrected chi connectivity index (χ1v) is 4.60. The van der Waals surface area contributed by atoms with Gasteiger partial charge in [-0.3, -0.25) is 4.79 Å². The third-order valence-electron chi connectivity index (χ3n) is 2.15. The number of hydrogen-bond donors (Lipinski definition) is 0. The van der Waals surface area contributed by atoms with Crippen LogP contribution in [-0.2, 0) is 0 Å². The molecule has 14 heavy (non-hydrogen) atoms. The number of aldehydes is 1. The average molecular weight is 206 g/mol. The second-order valence-corrected chi connectivity index (χ2v) is 3.52. The van der Waals surface area contributed by atoms with E-state index in [2.05, 4.69) is 4.98 Å². The summed E-state index contributed by atoms with van der Waals surface area (Å²) in [6, 6.07) is 7.23. The van der Waals surface area contributed by atoms with Gasteiger partial charge in [0.25, 0.3) is 0 Å². The second kappa shape index (κ2) is 3.39. The predicted molar refractivity (Wildman–Crippen MR) is 56.9 cm³/mol. The minimum atomic E-state index is 0.457. The number of fused-ring (bicyclic) bond motifs is 1. The smallest absolute Gasteiger partial charge is 0.150 e. The van der Waals surface area contributed by atoms with Crippen molar-refractivity contribution >= 4 is 28.7 Å². The molecule has 3 heteroatoms.